The van der Waals surface area contributed by atoms with Gasteiger partial charge in [0.25, 0.3) is 5.91 Å². The molecule has 0 spiro atoms. The van der Waals surface area contributed by atoms with Gasteiger partial charge in [0.1, 0.15) is 0 Å². The summed E-state index contributed by atoms with van der Waals surface area (Å²) in [5.41, 5.74) is 1.51. The standard InChI is InChI=1S/C28H26ClF3N2O4S/c1-2-39(37,38)24-8-3-18(4-9-24)17-33-27(36)20-6-10-26-21(13-20)15-23(34(26)11-12-35)14-19-5-7-22(29)16-25(19)28(30,31)32/h3-10,13,15-16,35H,2,11-12,14,17H2,1H3,(H,33,36). The number of sulfone groups is 1. The van der Waals surface area contributed by atoms with Crippen molar-refractivity contribution in [3.63, 3.8) is 0 Å². The van der Waals surface area contributed by atoms with E-state index in [1.165, 1.54) is 24.3 Å². The molecule has 0 saturated carbocycles. The monoisotopic (exact) mass is 578 g/mol. The number of carbonyl (C=O) groups excluding carboxylic acids is 1. The summed E-state index contributed by atoms with van der Waals surface area (Å²) in [6.45, 7) is 1.70. The van der Waals surface area contributed by atoms with Gasteiger partial charge in [0.2, 0.25) is 0 Å². The van der Waals surface area contributed by atoms with Crippen LogP contribution in [0.2, 0.25) is 5.02 Å². The van der Waals surface area contributed by atoms with Crippen molar-refractivity contribution in [2.75, 3.05) is 12.4 Å². The lowest BCUT2D eigenvalue weighted by molar-refractivity contribution is -0.138. The van der Waals surface area contributed by atoms with Gasteiger partial charge in [-0.3, -0.25) is 4.79 Å². The highest BCUT2D eigenvalue weighted by Gasteiger charge is 2.33. The fraction of sp³-hybridized carbons (Fsp3) is 0.250. The summed E-state index contributed by atoms with van der Waals surface area (Å²) in [6.07, 6.45) is -4.63. The fourth-order valence-electron chi connectivity index (χ4n) is 4.41. The Morgan fingerprint density at radius 3 is 2.38 bits per heavy atom. The van der Waals surface area contributed by atoms with Gasteiger partial charge in [-0.15, -0.1) is 0 Å². The predicted octanol–water partition coefficient (Wildman–Crippen LogP) is 5.62. The first-order chi connectivity index (χ1) is 18.4. The van der Waals surface area contributed by atoms with E-state index in [0.717, 1.165) is 11.6 Å². The Morgan fingerprint density at radius 2 is 1.74 bits per heavy atom. The highest BCUT2D eigenvalue weighted by Crippen LogP contribution is 2.35. The topological polar surface area (TPSA) is 88.4 Å². The van der Waals surface area contributed by atoms with Gasteiger partial charge in [-0.2, -0.15) is 13.2 Å². The van der Waals surface area contributed by atoms with Crippen molar-refractivity contribution in [2.24, 2.45) is 0 Å². The van der Waals surface area contributed by atoms with Crippen LogP contribution in [0.4, 0.5) is 13.2 Å². The number of fused-ring (bicyclic) bond motifs is 1. The highest BCUT2D eigenvalue weighted by atomic mass is 35.5. The molecule has 0 unspecified atom stereocenters. The largest absolute Gasteiger partial charge is 0.416 e. The molecule has 0 aliphatic heterocycles. The number of aliphatic hydroxyl groups is 1. The van der Waals surface area contributed by atoms with Gasteiger partial charge in [0.05, 0.1) is 22.8 Å². The molecule has 4 rings (SSSR count). The zero-order chi connectivity index (χ0) is 28.4. The minimum absolute atomic E-state index is 0.00348. The first-order valence-electron chi connectivity index (χ1n) is 12.1. The third-order valence-corrected chi connectivity index (χ3v) is 8.42. The van der Waals surface area contributed by atoms with Crippen molar-refractivity contribution >= 4 is 38.2 Å². The number of carbonyl (C=O) groups is 1. The molecule has 0 aliphatic rings. The van der Waals surface area contributed by atoms with Crippen LogP contribution >= 0.6 is 11.6 Å². The molecule has 11 heteroatoms. The maximum absolute atomic E-state index is 13.6. The summed E-state index contributed by atoms with van der Waals surface area (Å²) in [5.74, 6) is -0.369. The van der Waals surface area contributed by atoms with E-state index in [0.29, 0.717) is 22.2 Å². The van der Waals surface area contributed by atoms with E-state index in [1.54, 1.807) is 47.9 Å². The van der Waals surface area contributed by atoms with Crippen LogP contribution in [-0.4, -0.2) is 36.4 Å². The quantitative estimate of drug-likeness (QED) is 0.270. The molecule has 0 aliphatic carbocycles. The summed E-state index contributed by atoms with van der Waals surface area (Å²) in [6, 6.07) is 16.6. The van der Waals surface area contributed by atoms with Crippen LogP contribution < -0.4 is 5.32 Å². The van der Waals surface area contributed by atoms with E-state index in [4.69, 9.17) is 11.6 Å². The van der Waals surface area contributed by atoms with Crippen LogP contribution in [0.15, 0.2) is 71.6 Å². The van der Waals surface area contributed by atoms with Crippen LogP contribution in [0.3, 0.4) is 0 Å². The number of amides is 1. The molecular formula is C28H26ClF3N2O4S. The Balaban J connectivity index is 1.57. The summed E-state index contributed by atoms with van der Waals surface area (Å²) in [5, 5.41) is 13.0. The SMILES string of the molecule is CCS(=O)(=O)c1ccc(CNC(=O)c2ccc3c(c2)cc(Cc2ccc(Cl)cc2C(F)(F)F)n3CCO)cc1. The molecule has 1 aromatic heterocycles. The molecule has 0 atom stereocenters. The van der Waals surface area contributed by atoms with Gasteiger partial charge in [0.15, 0.2) is 9.84 Å². The van der Waals surface area contributed by atoms with Crippen molar-refractivity contribution in [3.05, 3.63) is 99.7 Å². The highest BCUT2D eigenvalue weighted by molar-refractivity contribution is 7.91. The molecule has 39 heavy (non-hydrogen) atoms. The first-order valence-corrected chi connectivity index (χ1v) is 14.1. The molecule has 6 nitrogen and oxygen atoms in total. The Morgan fingerprint density at radius 1 is 1.03 bits per heavy atom. The molecule has 2 N–H and O–H groups in total. The molecule has 3 aromatic carbocycles. The second-order valence-corrected chi connectivity index (χ2v) is 11.7. The first kappa shape index (κ1) is 28.7. The zero-order valence-electron chi connectivity index (χ0n) is 20.9. The second-order valence-electron chi connectivity index (χ2n) is 8.99. The number of hydrogen-bond acceptors (Lipinski definition) is 4. The number of hydrogen-bond donors (Lipinski definition) is 2. The number of rotatable bonds is 9. The van der Waals surface area contributed by atoms with E-state index >= 15 is 0 Å². The van der Waals surface area contributed by atoms with E-state index < -0.39 is 21.6 Å². The smallest absolute Gasteiger partial charge is 0.395 e. The third-order valence-electron chi connectivity index (χ3n) is 6.44. The Labute approximate surface area is 228 Å². The maximum Gasteiger partial charge on any atom is 0.416 e. The second kappa shape index (κ2) is 11.4. The van der Waals surface area contributed by atoms with Crippen molar-refractivity contribution in [3.8, 4) is 0 Å². The number of nitrogens with zero attached hydrogens (tertiary/aromatic N) is 1. The molecule has 1 amide bonds. The summed E-state index contributed by atoms with van der Waals surface area (Å²) < 4.78 is 66.6. The van der Waals surface area contributed by atoms with Crippen LogP contribution in [0.5, 0.6) is 0 Å². The summed E-state index contributed by atoms with van der Waals surface area (Å²) in [4.78, 5) is 13.1. The third kappa shape index (κ3) is 6.46. The minimum atomic E-state index is -4.58. The molecule has 1 heterocycles. The average molecular weight is 579 g/mol. The molecule has 4 aromatic rings. The number of alkyl halides is 3. The average Bonchev–Trinajstić information content (AvgIpc) is 3.24. The number of aromatic nitrogens is 1. The van der Waals surface area contributed by atoms with E-state index in [1.807, 2.05) is 0 Å². The van der Waals surface area contributed by atoms with Gasteiger partial charge in [-0.1, -0.05) is 36.7 Å². The van der Waals surface area contributed by atoms with Gasteiger partial charge < -0.3 is 15.0 Å². The Kier molecular flexibility index (Phi) is 8.39. The van der Waals surface area contributed by atoms with E-state index in [9.17, 15) is 31.5 Å². The Bertz CT molecular complexity index is 1610. The van der Waals surface area contributed by atoms with E-state index in [2.05, 4.69) is 5.32 Å². The van der Waals surface area contributed by atoms with Gasteiger partial charge in [0, 0.05) is 46.7 Å². The maximum atomic E-state index is 13.6. The fourth-order valence-corrected chi connectivity index (χ4v) is 5.46. The van der Waals surface area contributed by atoms with Crippen molar-refractivity contribution < 1.29 is 31.5 Å². The molecule has 0 fully saturated rings. The molecule has 0 saturated heterocycles. The normalized spacial score (nSPS) is 12.2. The van der Waals surface area contributed by atoms with E-state index in [-0.39, 0.29) is 53.3 Å². The molecule has 0 radical (unpaired) electrons. The van der Waals surface area contributed by atoms with Crippen molar-refractivity contribution in [2.45, 2.75) is 37.5 Å². The van der Waals surface area contributed by atoms with Crippen LogP contribution in [0, 0.1) is 0 Å². The van der Waals surface area contributed by atoms with Crippen LogP contribution in [-0.2, 0) is 35.5 Å². The number of halogens is 4. The predicted molar refractivity (Wildman–Crippen MR) is 144 cm³/mol. The minimum Gasteiger partial charge on any atom is -0.395 e. The van der Waals surface area contributed by atoms with Crippen LogP contribution in [0.25, 0.3) is 10.9 Å². The zero-order valence-corrected chi connectivity index (χ0v) is 22.5. The molecule has 206 valence electrons. The number of nitrogens with one attached hydrogen (secondary N) is 1. The van der Waals surface area contributed by atoms with Crippen molar-refractivity contribution in [1.29, 1.82) is 0 Å². The lowest BCUT2D eigenvalue weighted by atomic mass is 10.0. The van der Waals surface area contributed by atoms with Gasteiger partial charge in [-0.25, -0.2) is 8.42 Å². The van der Waals surface area contributed by atoms with Crippen LogP contribution in [0.1, 0.15) is 39.7 Å². The van der Waals surface area contributed by atoms with Crippen molar-refractivity contribution in [1.82, 2.24) is 9.88 Å². The summed E-state index contributed by atoms with van der Waals surface area (Å²) in [7, 11) is -3.31. The lowest BCUT2D eigenvalue weighted by Gasteiger charge is -2.15. The lowest BCUT2D eigenvalue weighted by Crippen LogP contribution is -2.22. The van der Waals surface area contributed by atoms with Gasteiger partial charge in [-0.05, 0) is 59.7 Å². The van der Waals surface area contributed by atoms with Gasteiger partial charge >= 0.3 is 6.18 Å². The number of benzene rings is 3. The molecular weight excluding hydrogens is 553 g/mol. The Hall–Kier alpha value is -3.34. The molecule has 0 bridgehead atoms. The number of aliphatic hydroxyl groups excluding tert-OH is 1. The summed E-state index contributed by atoms with van der Waals surface area (Å²) >= 11 is 5.81.